The summed E-state index contributed by atoms with van der Waals surface area (Å²) in [6.45, 7) is 8.85. The van der Waals surface area contributed by atoms with Crippen LogP contribution in [-0.2, 0) is 14.3 Å². The van der Waals surface area contributed by atoms with E-state index in [-0.39, 0.29) is 106 Å². The van der Waals surface area contributed by atoms with Crippen LogP contribution in [0.1, 0.15) is 87.7 Å². The third-order valence-electron chi connectivity index (χ3n) is 12.0. The third-order valence-corrected chi connectivity index (χ3v) is 12.0. The predicted molar refractivity (Wildman–Crippen MR) is 269 cm³/mol. The van der Waals surface area contributed by atoms with Crippen LogP contribution in [0.4, 0.5) is 8.78 Å². The molecule has 0 aliphatic rings. The van der Waals surface area contributed by atoms with E-state index in [2.05, 4.69) is 25.9 Å². The third kappa shape index (κ3) is 8.97. The molecule has 5 aromatic carbocycles. The number of esters is 2. The maximum absolute atomic E-state index is 14.4. The molecule has 0 aliphatic carbocycles. The number of rotatable bonds is 13. The minimum absolute atomic E-state index is 0.000839. The molecular weight excluding hydrogens is 961 g/mol. The Balaban J connectivity index is 1.23. The number of carbonyl (C=O) groups is 6. The van der Waals surface area contributed by atoms with Gasteiger partial charge in [0.2, 0.25) is 0 Å². The number of benzene rings is 5. The minimum atomic E-state index is -2.07. The number of aliphatic hydroxyl groups is 1. The van der Waals surface area contributed by atoms with Crippen LogP contribution in [0.25, 0.3) is 77.5 Å². The number of aliphatic hydroxyl groups excluding tert-OH is 1. The van der Waals surface area contributed by atoms with Crippen molar-refractivity contribution in [2.24, 2.45) is 0 Å². The molecule has 19 heteroatoms. The molecule has 1 atom stereocenters. The lowest BCUT2D eigenvalue weighted by atomic mass is 9.94. The molecule has 1 unspecified atom stereocenters. The van der Waals surface area contributed by atoms with Gasteiger partial charge in [-0.15, -0.1) is 0 Å². The SMILES string of the molecule is CNC(=O)c1c(-c2ccc(F)cc2)oc2c1cc(-c1cc(OC(=O)C(O)c3c[nH]c4c(OC(C)C)cc5c(C(=O)NC)c(-c6ccc(F)cc6)oc5c34)cc(C(=O)NC(C)(C)C)c1)c1[nH]cc(C(=O)C(=O)OC)c12. The molecule has 0 spiro atoms. The molecule has 0 saturated carbocycles. The summed E-state index contributed by atoms with van der Waals surface area (Å²) in [5.41, 5.74) is 0.616. The zero-order chi connectivity index (χ0) is 53.1. The van der Waals surface area contributed by atoms with E-state index in [1.807, 2.05) is 0 Å². The molecule has 17 nitrogen and oxygen atoms in total. The van der Waals surface area contributed by atoms with Gasteiger partial charge in [0.1, 0.15) is 45.8 Å². The lowest BCUT2D eigenvalue weighted by molar-refractivity contribution is -0.144. The number of methoxy groups -OCH3 is 1. The first kappa shape index (κ1) is 49.9. The molecule has 4 aromatic heterocycles. The van der Waals surface area contributed by atoms with Crippen LogP contribution in [0.5, 0.6) is 11.5 Å². The van der Waals surface area contributed by atoms with E-state index >= 15 is 0 Å². The van der Waals surface area contributed by atoms with Gasteiger partial charge in [-0.05, 0) is 119 Å². The lowest BCUT2D eigenvalue weighted by Crippen LogP contribution is -2.40. The number of ketones is 1. The van der Waals surface area contributed by atoms with E-state index in [4.69, 9.17) is 23.0 Å². The molecule has 0 radical (unpaired) electrons. The Labute approximate surface area is 419 Å². The summed E-state index contributed by atoms with van der Waals surface area (Å²) in [5.74, 6) is -6.27. The predicted octanol–water partition coefficient (Wildman–Crippen LogP) is 9.45. The standard InChI is InChI=1S/C55H47F2N5O12/c1-24(2)71-37-21-34-41(52(67)59-7)47(26-11-15-30(57)16-12-26)74-49(34)39-36(23-61-43(37)39)45(64)54(69)72-31-18-27(17-28(19-31)50(65)62-55(3,4)5)32-20-33-40(51(66)58-6)46(25-9-13-29(56)14-10-25)73-48(33)38-35(22-60-42(32)38)44(63)53(68)70-8/h9-24,45,60-61,64H,1-8H3,(H,58,66)(H,59,67)(H,62,65). The first-order valence-electron chi connectivity index (χ1n) is 23.1. The number of aromatic amines is 2. The second-order valence-electron chi connectivity index (χ2n) is 18.5. The average molecular weight is 1010 g/mol. The smallest absolute Gasteiger partial charge is 0.379 e. The molecule has 74 heavy (non-hydrogen) atoms. The summed E-state index contributed by atoms with van der Waals surface area (Å²) in [6.07, 6.45) is 0.175. The molecule has 3 amide bonds. The van der Waals surface area contributed by atoms with Gasteiger partial charge in [0.25, 0.3) is 23.5 Å². The molecule has 0 bridgehead atoms. The number of Topliss-reactive ketones (excluding diaryl/α,β-unsaturated/α-hetero) is 1. The van der Waals surface area contributed by atoms with Crippen molar-refractivity contribution < 1.29 is 65.7 Å². The van der Waals surface area contributed by atoms with E-state index in [9.17, 15) is 42.7 Å². The fourth-order valence-corrected chi connectivity index (χ4v) is 8.84. The summed E-state index contributed by atoms with van der Waals surface area (Å²) in [6, 6.07) is 17.8. The Morgan fingerprint density at radius 2 is 1.24 bits per heavy atom. The van der Waals surface area contributed by atoms with Crippen molar-refractivity contribution in [3.8, 4) is 45.3 Å². The summed E-state index contributed by atoms with van der Waals surface area (Å²) in [4.78, 5) is 88.5. The van der Waals surface area contributed by atoms with E-state index in [1.54, 1.807) is 46.8 Å². The number of carbonyl (C=O) groups excluding carboxylic acids is 6. The maximum Gasteiger partial charge on any atom is 0.379 e. The number of amides is 3. The monoisotopic (exact) mass is 1010 g/mol. The number of fused-ring (bicyclic) bond motifs is 6. The molecule has 0 saturated heterocycles. The van der Waals surface area contributed by atoms with Crippen LogP contribution in [-0.4, -0.2) is 83.4 Å². The van der Waals surface area contributed by atoms with Gasteiger partial charge in [-0.25, -0.2) is 18.4 Å². The van der Waals surface area contributed by atoms with Crippen LogP contribution in [0.15, 0.2) is 100 Å². The Kier molecular flexibility index (Phi) is 12.9. The normalized spacial score (nSPS) is 12.1. The number of hydrogen-bond donors (Lipinski definition) is 6. The van der Waals surface area contributed by atoms with Crippen molar-refractivity contribution in [3.63, 3.8) is 0 Å². The lowest BCUT2D eigenvalue weighted by Gasteiger charge is -2.21. The molecule has 9 aromatic rings. The minimum Gasteiger partial charge on any atom is -0.489 e. The van der Waals surface area contributed by atoms with Crippen molar-refractivity contribution in [2.45, 2.75) is 52.4 Å². The molecule has 0 fully saturated rings. The highest BCUT2D eigenvalue weighted by Gasteiger charge is 2.33. The van der Waals surface area contributed by atoms with Crippen LogP contribution in [0, 0.1) is 11.6 Å². The van der Waals surface area contributed by atoms with E-state index < -0.39 is 58.7 Å². The number of nitrogens with one attached hydrogen (secondary N) is 5. The second-order valence-corrected chi connectivity index (χ2v) is 18.5. The number of ether oxygens (including phenoxy) is 3. The van der Waals surface area contributed by atoms with Crippen molar-refractivity contribution >= 4 is 79.2 Å². The Bertz CT molecular complexity index is 3780. The average Bonchev–Trinajstić information content (AvgIpc) is 4.18. The summed E-state index contributed by atoms with van der Waals surface area (Å²) in [5, 5.41) is 20.7. The van der Waals surface area contributed by atoms with Crippen LogP contribution in [0.2, 0.25) is 0 Å². The van der Waals surface area contributed by atoms with Crippen LogP contribution < -0.4 is 25.4 Å². The van der Waals surface area contributed by atoms with Gasteiger partial charge in [-0.3, -0.25) is 19.2 Å². The van der Waals surface area contributed by atoms with Gasteiger partial charge >= 0.3 is 11.9 Å². The van der Waals surface area contributed by atoms with Gasteiger partial charge in [0.15, 0.2) is 6.10 Å². The van der Waals surface area contributed by atoms with Crippen molar-refractivity contribution in [3.05, 3.63) is 131 Å². The highest BCUT2D eigenvalue weighted by molar-refractivity contribution is 6.44. The molecule has 378 valence electrons. The molecule has 0 aliphatic heterocycles. The van der Waals surface area contributed by atoms with E-state index in [0.29, 0.717) is 16.6 Å². The number of furan rings is 2. The zero-order valence-electron chi connectivity index (χ0n) is 41.0. The first-order chi connectivity index (χ1) is 35.2. The Morgan fingerprint density at radius 1 is 0.689 bits per heavy atom. The fraction of sp³-hybridized carbons (Fsp3) is 0.200. The Morgan fingerprint density at radius 3 is 1.78 bits per heavy atom. The number of halogens is 2. The van der Waals surface area contributed by atoms with Crippen molar-refractivity contribution in [1.82, 2.24) is 25.9 Å². The molecule has 6 N–H and O–H groups in total. The summed E-state index contributed by atoms with van der Waals surface area (Å²) in [7, 11) is 3.86. The maximum atomic E-state index is 14.4. The summed E-state index contributed by atoms with van der Waals surface area (Å²) < 4.78 is 58.0. The molecule has 9 rings (SSSR count). The summed E-state index contributed by atoms with van der Waals surface area (Å²) >= 11 is 0. The van der Waals surface area contributed by atoms with Crippen LogP contribution >= 0.6 is 0 Å². The fourth-order valence-electron chi connectivity index (χ4n) is 8.84. The zero-order valence-corrected chi connectivity index (χ0v) is 41.0. The largest absolute Gasteiger partial charge is 0.489 e. The molecular formula is C55H47F2N5O12. The van der Waals surface area contributed by atoms with Gasteiger partial charge in [0, 0.05) is 70.6 Å². The number of hydrogen-bond acceptors (Lipinski definition) is 12. The highest BCUT2D eigenvalue weighted by Crippen LogP contribution is 2.46. The van der Waals surface area contributed by atoms with Crippen LogP contribution in [0.3, 0.4) is 0 Å². The molecule has 4 heterocycles. The Hall–Kier alpha value is -9.10. The topological polar surface area (TPSA) is 244 Å². The van der Waals surface area contributed by atoms with E-state index in [0.717, 1.165) is 7.11 Å². The van der Waals surface area contributed by atoms with E-state index in [1.165, 1.54) is 93.2 Å². The number of H-pyrrole nitrogens is 2. The van der Waals surface area contributed by atoms with Crippen molar-refractivity contribution in [1.29, 1.82) is 0 Å². The van der Waals surface area contributed by atoms with Gasteiger partial charge in [0.05, 0.1) is 51.7 Å². The first-order valence-corrected chi connectivity index (χ1v) is 23.1. The van der Waals surface area contributed by atoms with Gasteiger partial charge in [-0.2, -0.15) is 0 Å². The van der Waals surface area contributed by atoms with Crippen molar-refractivity contribution in [2.75, 3.05) is 21.2 Å². The van der Waals surface area contributed by atoms with Gasteiger partial charge < -0.3 is 54.1 Å². The highest BCUT2D eigenvalue weighted by atomic mass is 19.1. The van der Waals surface area contributed by atoms with Gasteiger partial charge in [-0.1, -0.05) is 0 Å². The second kappa shape index (κ2) is 19.1. The quantitative estimate of drug-likeness (QED) is 0.0274. The number of aromatic nitrogens is 2.